The van der Waals surface area contributed by atoms with Crippen molar-refractivity contribution in [2.24, 2.45) is 0 Å². The van der Waals surface area contributed by atoms with Crippen molar-refractivity contribution >= 4 is 11.8 Å². The van der Waals surface area contributed by atoms with Crippen LogP contribution in [-0.4, -0.2) is 5.75 Å². The maximum Gasteiger partial charge on any atom is 0.123 e. The molecule has 0 unspecified atom stereocenters. The standard InChI is InChI=1S/C12H15FS/c1-2-3-4-5-10-14-12-8-6-11(13)7-9-12/h3-4,6-9H,2,5,10H2,1H3/b4-3+. The van der Waals surface area contributed by atoms with Gasteiger partial charge in [-0.05, 0) is 37.1 Å². The fourth-order valence-corrected chi connectivity index (χ4v) is 1.88. The molecule has 0 heterocycles. The monoisotopic (exact) mass is 210 g/mol. The summed E-state index contributed by atoms with van der Waals surface area (Å²) in [5, 5.41) is 0. The summed E-state index contributed by atoms with van der Waals surface area (Å²) in [4.78, 5) is 1.14. The van der Waals surface area contributed by atoms with Gasteiger partial charge in [-0.25, -0.2) is 4.39 Å². The van der Waals surface area contributed by atoms with Crippen molar-refractivity contribution in [1.82, 2.24) is 0 Å². The van der Waals surface area contributed by atoms with E-state index in [0.29, 0.717) is 0 Å². The summed E-state index contributed by atoms with van der Waals surface area (Å²) in [5.41, 5.74) is 0. The van der Waals surface area contributed by atoms with Crippen LogP contribution < -0.4 is 0 Å². The number of halogens is 1. The first-order valence-corrected chi connectivity index (χ1v) is 5.85. The molecule has 0 spiro atoms. The highest BCUT2D eigenvalue weighted by molar-refractivity contribution is 7.99. The summed E-state index contributed by atoms with van der Waals surface area (Å²) >= 11 is 1.76. The van der Waals surface area contributed by atoms with Crippen molar-refractivity contribution in [2.45, 2.75) is 24.7 Å². The smallest absolute Gasteiger partial charge is 0.123 e. The Labute approximate surface area is 89.2 Å². The van der Waals surface area contributed by atoms with E-state index in [2.05, 4.69) is 19.1 Å². The lowest BCUT2D eigenvalue weighted by Crippen LogP contribution is -1.78. The van der Waals surface area contributed by atoms with Crippen LogP contribution in [0.3, 0.4) is 0 Å². The Morgan fingerprint density at radius 2 is 1.93 bits per heavy atom. The fourth-order valence-electron chi connectivity index (χ4n) is 1.06. The average molecular weight is 210 g/mol. The molecule has 0 saturated carbocycles. The molecule has 0 aliphatic rings. The number of thioether (sulfide) groups is 1. The van der Waals surface area contributed by atoms with Gasteiger partial charge in [-0.2, -0.15) is 0 Å². The lowest BCUT2D eigenvalue weighted by molar-refractivity contribution is 0.626. The Balaban J connectivity index is 2.25. The van der Waals surface area contributed by atoms with Crippen molar-refractivity contribution in [1.29, 1.82) is 0 Å². The van der Waals surface area contributed by atoms with Crippen molar-refractivity contribution in [3.05, 3.63) is 42.2 Å². The maximum absolute atomic E-state index is 12.6. The molecule has 76 valence electrons. The molecular weight excluding hydrogens is 195 g/mol. The minimum atomic E-state index is -0.166. The van der Waals surface area contributed by atoms with Gasteiger partial charge in [-0.15, -0.1) is 11.8 Å². The van der Waals surface area contributed by atoms with E-state index >= 15 is 0 Å². The minimum Gasteiger partial charge on any atom is -0.207 e. The van der Waals surface area contributed by atoms with Crippen LogP contribution >= 0.6 is 11.8 Å². The Morgan fingerprint density at radius 1 is 1.21 bits per heavy atom. The Kier molecular flexibility index (Phi) is 5.38. The van der Waals surface area contributed by atoms with Gasteiger partial charge in [-0.1, -0.05) is 19.1 Å². The molecule has 1 aromatic carbocycles. The number of rotatable bonds is 5. The third-order valence-corrected chi connectivity index (χ3v) is 2.81. The van der Waals surface area contributed by atoms with Crippen LogP contribution in [0.5, 0.6) is 0 Å². The van der Waals surface area contributed by atoms with Crippen LogP contribution in [0.25, 0.3) is 0 Å². The molecule has 0 aliphatic heterocycles. The first kappa shape index (κ1) is 11.3. The molecule has 1 aromatic rings. The summed E-state index contributed by atoms with van der Waals surface area (Å²) < 4.78 is 12.6. The van der Waals surface area contributed by atoms with E-state index in [4.69, 9.17) is 0 Å². The van der Waals surface area contributed by atoms with Gasteiger partial charge in [0.2, 0.25) is 0 Å². The molecule has 0 bridgehead atoms. The van der Waals surface area contributed by atoms with Crippen LogP contribution in [-0.2, 0) is 0 Å². The second-order valence-electron chi connectivity index (χ2n) is 2.97. The summed E-state index contributed by atoms with van der Waals surface area (Å²) in [7, 11) is 0. The largest absolute Gasteiger partial charge is 0.207 e. The summed E-state index contributed by atoms with van der Waals surface area (Å²) in [6.07, 6.45) is 6.54. The molecule has 0 amide bonds. The van der Waals surface area contributed by atoms with Gasteiger partial charge in [0, 0.05) is 10.6 Å². The Morgan fingerprint density at radius 3 is 2.57 bits per heavy atom. The van der Waals surface area contributed by atoms with Crippen molar-refractivity contribution in [3.8, 4) is 0 Å². The molecule has 1 rings (SSSR count). The normalized spacial score (nSPS) is 11.0. The van der Waals surface area contributed by atoms with Crippen molar-refractivity contribution in [2.75, 3.05) is 5.75 Å². The van der Waals surface area contributed by atoms with Crippen LogP contribution in [0.15, 0.2) is 41.3 Å². The summed E-state index contributed by atoms with van der Waals surface area (Å²) in [6, 6.07) is 6.65. The topological polar surface area (TPSA) is 0 Å². The molecule has 0 radical (unpaired) electrons. The molecule has 2 heteroatoms. The van der Waals surface area contributed by atoms with E-state index in [-0.39, 0.29) is 5.82 Å². The van der Waals surface area contributed by atoms with Gasteiger partial charge in [0.25, 0.3) is 0 Å². The minimum absolute atomic E-state index is 0.166. The summed E-state index contributed by atoms with van der Waals surface area (Å²) in [6.45, 7) is 2.13. The third-order valence-electron chi connectivity index (χ3n) is 1.77. The molecule has 0 saturated heterocycles. The van der Waals surface area contributed by atoms with Crippen LogP contribution in [0.4, 0.5) is 4.39 Å². The van der Waals surface area contributed by atoms with Crippen LogP contribution in [0.2, 0.25) is 0 Å². The van der Waals surface area contributed by atoms with Gasteiger partial charge in [-0.3, -0.25) is 0 Å². The molecule has 0 fully saturated rings. The van der Waals surface area contributed by atoms with E-state index in [1.807, 2.05) is 12.1 Å². The van der Waals surface area contributed by atoms with E-state index in [0.717, 1.165) is 23.5 Å². The highest BCUT2D eigenvalue weighted by Gasteiger charge is 1.93. The molecule has 14 heavy (non-hydrogen) atoms. The lowest BCUT2D eigenvalue weighted by atomic mass is 10.3. The van der Waals surface area contributed by atoms with Gasteiger partial charge >= 0.3 is 0 Å². The highest BCUT2D eigenvalue weighted by Crippen LogP contribution is 2.18. The summed E-state index contributed by atoms with van der Waals surface area (Å²) in [5.74, 6) is 0.891. The van der Waals surface area contributed by atoms with Gasteiger partial charge in [0.15, 0.2) is 0 Å². The zero-order valence-corrected chi connectivity index (χ0v) is 9.19. The number of hydrogen-bond donors (Lipinski definition) is 0. The molecule has 0 atom stereocenters. The average Bonchev–Trinajstić information content (AvgIpc) is 2.21. The van der Waals surface area contributed by atoms with Crippen molar-refractivity contribution in [3.63, 3.8) is 0 Å². The second-order valence-corrected chi connectivity index (χ2v) is 4.14. The Bertz CT molecular complexity index is 277. The molecule has 0 aliphatic carbocycles. The van der Waals surface area contributed by atoms with Gasteiger partial charge in [0.1, 0.15) is 5.82 Å². The van der Waals surface area contributed by atoms with E-state index in [1.54, 1.807) is 11.8 Å². The van der Waals surface area contributed by atoms with Gasteiger partial charge in [0.05, 0.1) is 0 Å². The SMILES string of the molecule is CC/C=C/CCSc1ccc(F)cc1. The zero-order chi connectivity index (χ0) is 10.2. The van der Waals surface area contributed by atoms with Gasteiger partial charge < -0.3 is 0 Å². The zero-order valence-electron chi connectivity index (χ0n) is 8.37. The van der Waals surface area contributed by atoms with E-state index in [1.165, 1.54) is 12.1 Å². The molecular formula is C12H15FS. The predicted octanol–water partition coefficient (Wildman–Crippen LogP) is 4.27. The van der Waals surface area contributed by atoms with Crippen LogP contribution in [0, 0.1) is 5.82 Å². The first-order chi connectivity index (χ1) is 6.83. The maximum atomic E-state index is 12.6. The first-order valence-electron chi connectivity index (χ1n) is 4.86. The van der Waals surface area contributed by atoms with Crippen LogP contribution in [0.1, 0.15) is 19.8 Å². The highest BCUT2D eigenvalue weighted by atomic mass is 32.2. The fraction of sp³-hybridized carbons (Fsp3) is 0.333. The number of hydrogen-bond acceptors (Lipinski definition) is 1. The molecule has 0 N–H and O–H groups in total. The quantitative estimate of drug-likeness (QED) is 0.397. The van der Waals surface area contributed by atoms with E-state index in [9.17, 15) is 4.39 Å². The van der Waals surface area contributed by atoms with Crippen molar-refractivity contribution < 1.29 is 4.39 Å². The number of allylic oxidation sites excluding steroid dienone is 2. The number of benzene rings is 1. The molecule has 0 nitrogen and oxygen atoms in total. The Hall–Kier alpha value is -0.760. The lowest BCUT2D eigenvalue weighted by Gasteiger charge is -1.98. The molecule has 0 aromatic heterocycles. The second kappa shape index (κ2) is 6.66. The predicted molar refractivity (Wildman–Crippen MR) is 61.2 cm³/mol. The third kappa shape index (κ3) is 4.47. The van der Waals surface area contributed by atoms with E-state index < -0.39 is 0 Å².